The van der Waals surface area contributed by atoms with Crippen molar-refractivity contribution in [3.05, 3.63) is 54.6 Å². The average molecular weight is 376 g/mol. The number of rotatable bonds is 8. The maximum Gasteiger partial charge on any atom is 0.248 e. The third-order valence-corrected chi connectivity index (χ3v) is 4.93. The van der Waals surface area contributed by atoms with Crippen LogP contribution in [0.25, 0.3) is 0 Å². The molecular weight excluding hydrogens is 352 g/mol. The Morgan fingerprint density at radius 3 is 2.38 bits per heavy atom. The van der Waals surface area contributed by atoms with E-state index in [1.807, 2.05) is 6.92 Å². The molecule has 2 rings (SSSR count). The molecule has 0 aromatic heterocycles. The predicted molar refractivity (Wildman–Crippen MR) is 104 cm³/mol. The molecule has 0 aliphatic carbocycles. The van der Waals surface area contributed by atoms with Crippen LogP contribution in [0, 0.1) is 0 Å². The molecule has 0 saturated carbocycles. The minimum atomic E-state index is -3.64. The SMILES string of the molecule is CCOc1cccc(NC(=O)[C@H](CC)N(c2ccccc2)S(C)(=O)=O)c1. The number of benzene rings is 2. The van der Waals surface area contributed by atoms with E-state index in [4.69, 9.17) is 4.74 Å². The Hall–Kier alpha value is -2.54. The van der Waals surface area contributed by atoms with Gasteiger partial charge in [0.05, 0.1) is 18.6 Å². The number of hydrogen-bond donors (Lipinski definition) is 1. The van der Waals surface area contributed by atoms with Crippen molar-refractivity contribution in [1.82, 2.24) is 0 Å². The smallest absolute Gasteiger partial charge is 0.248 e. The number of anilines is 2. The average Bonchev–Trinajstić information content (AvgIpc) is 2.59. The number of hydrogen-bond acceptors (Lipinski definition) is 4. The van der Waals surface area contributed by atoms with Crippen molar-refractivity contribution in [3.63, 3.8) is 0 Å². The first kappa shape index (κ1) is 19.8. The fraction of sp³-hybridized carbons (Fsp3) is 0.316. The topological polar surface area (TPSA) is 75.7 Å². The van der Waals surface area contributed by atoms with E-state index < -0.39 is 22.0 Å². The second-order valence-corrected chi connectivity index (χ2v) is 7.63. The number of ether oxygens (including phenoxy) is 1. The van der Waals surface area contributed by atoms with Gasteiger partial charge in [-0.3, -0.25) is 9.10 Å². The quantitative estimate of drug-likeness (QED) is 0.767. The molecule has 0 aliphatic rings. The number of amides is 1. The summed E-state index contributed by atoms with van der Waals surface area (Å²) in [5.74, 6) is 0.247. The van der Waals surface area contributed by atoms with Gasteiger partial charge in [0.2, 0.25) is 15.9 Å². The molecule has 140 valence electrons. The van der Waals surface area contributed by atoms with Gasteiger partial charge in [-0.05, 0) is 37.6 Å². The molecule has 0 heterocycles. The van der Waals surface area contributed by atoms with Crippen molar-refractivity contribution in [3.8, 4) is 5.75 Å². The van der Waals surface area contributed by atoms with E-state index in [0.29, 0.717) is 30.2 Å². The first-order chi connectivity index (χ1) is 12.4. The zero-order valence-corrected chi connectivity index (χ0v) is 16.0. The monoisotopic (exact) mass is 376 g/mol. The number of nitrogens with one attached hydrogen (secondary N) is 1. The Kier molecular flexibility index (Phi) is 6.63. The van der Waals surface area contributed by atoms with Gasteiger partial charge in [0.25, 0.3) is 0 Å². The van der Waals surface area contributed by atoms with Crippen molar-refractivity contribution in [1.29, 1.82) is 0 Å². The lowest BCUT2D eigenvalue weighted by Crippen LogP contribution is -2.46. The second-order valence-electron chi connectivity index (χ2n) is 5.77. The molecule has 0 saturated heterocycles. The maximum absolute atomic E-state index is 12.8. The van der Waals surface area contributed by atoms with E-state index in [1.165, 1.54) is 0 Å². The summed E-state index contributed by atoms with van der Waals surface area (Å²) in [6.45, 7) is 4.18. The molecule has 2 aromatic rings. The van der Waals surface area contributed by atoms with Crippen LogP contribution in [-0.2, 0) is 14.8 Å². The fourth-order valence-electron chi connectivity index (χ4n) is 2.69. The predicted octanol–water partition coefficient (Wildman–Crippen LogP) is 3.27. The van der Waals surface area contributed by atoms with E-state index in [0.717, 1.165) is 10.6 Å². The maximum atomic E-state index is 12.8. The van der Waals surface area contributed by atoms with Crippen molar-refractivity contribution < 1.29 is 17.9 Å². The van der Waals surface area contributed by atoms with E-state index >= 15 is 0 Å². The van der Waals surface area contributed by atoms with Gasteiger partial charge in [0, 0.05) is 11.8 Å². The highest BCUT2D eigenvalue weighted by Crippen LogP contribution is 2.24. The summed E-state index contributed by atoms with van der Waals surface area (Å²) < 4.78 is 31.3. The number of para-hydroxylation sites is 1. The Morgan fingerprint density at radius 2 is 1.81 bits per heavy atom. The summed E-state index contributed by atoms with van der Waals surface area (Å²) in [5.41, 5.74) is 1.01. The first-order valence-corrected chi connectivity index (χ1v) is 10.3. The molecule has 0 aliphatic heterocycles. The van der Waals surface area contributed by atoms with Gasteiger partial charge in [0.1, 0.15) is 11.8 Å². The Bertz CT molecular complexity index is 838. The highest BCUT2D eigenvalue weighted by Gasteiger charge is 2.31. The Labute approximate surface area is 154 Å². The number of nitrogens with zero attached hydrogens (tertiary/aromatic N) is 1. The highest BCUT2D eigenvalue weighted by molar-refractivity contribution is 7.92. The first-order valence-electron chi connectivity index (χ1n) is 8.45. The third kappa shape index (κ3) is 4.98. The van der Waals surface area contributed by atoms with Crippen LogP contribution in [-0.4, -0.2) is 33.2 Å². The molecule has 1 amide bonds. The van der Waals surface area contributed by atoms with Crippen LogP contribution in [0.15, 0.2) is 54.6 Å². The van der Waals surface area contributed by atoms with Crippen LogP contribution < -0.4 is 14.4 Å². The molecule has 7 heteroatoms. The van der Waals surface area contributed by atoms with Gasteiger partial charge in [-0.2, -0.15) is 0 Å². The van der Waals surface area contributed by atoms with Crippen LogP contribution in [0.2, 0.25) is 0 Å². The molecular formula is C19H24N2O4S. The number of sulfonamides is 1. The normalized spacial score (nSPS) is 12.3. The van der Waals surface area contributed by atoms with Gasteiger partial charge in [0.15, 0.2) is 0 Å². The van der Waals surface area contributed by atoms with Gasteiger partial charge >= 0.3 is 0 Å². The summed E-state index contributed by atoms with van der Waals surface area (Å²) in [5, 5.41) is 2.79. The van der Waals surface area contributed by atoms with Crippen LogP contribution in [0.1, 0.15) is 20.3 Å². The van der Waals surface area contributed by atoms with Gasteiger partial charge in [-0.15, -0.1) is 0 Å². The minimum absolute atomic E-state index is 0.332. The number of carbonyl (C=O) groups is 1. The minimum Gasteiger partial charge on any atom is -0.494 e. The van der Waals surface area contributed by atoms with Crippen molar-refractivity contribution >= 4 is 27.3 Å². The van der Waals surface area contributed by atoms with Crippen LogP contribution in [0.5, 0.6) is 5.75 Å². The second kappa shape index (κ2) is 8.71. The third-order valence-electron chi connectivity index (χ3n) is 3.75. The van der Waals surface area contributed by atoms with Crippen molar-refractivity contribution in [2.24, 2.45) is 0 Å². The van der Waals surface area contributed by atoms with Crippen molar-refractivity contribution in [2.75, 3.05) is 22.5 Å². The van der Waals surface area contributed by atoms with E-state index in [9.17, 15) is 13.2 Å². The van der Waals surface area contributed by atoms with Gasteiger partial charge in [-0.1, -0.05) is 31.2 Å². The summed E-state index contributed by atoms with van der Waals surface area (Å²) in [4.78, 5) is 12.8. The summed E-state index contributed by atoms with van der Waals surface area (Å²) in [7, 11) is -3.64. The molecule has 26 heavy (non-hydrogen) atoms. The fourth-order valence-corrected chi connectivity index (χ4v) is 3.90. The molecule has 0 bridgehead atoms. The van der Waals surface area contributed by atoms with Crippen LogP contribution in [0.4, 0.5) is 11.4 Å². The van der Waals surface area contributed by atoms with Crippen molar-refractivity contribution in [2.45, 2.75) is 26.3 Å². The highest BCUT2D eigenvalue weighted by atomic mass is 32.2. The lowest BCUT2D eigenvalue weighted by molar-refractivity contribution is -0.117. The molecule has 1 atom stereocenters. The van der Waals surface area contributed by atoms with Gasteiger partial charge < -0.3 is 10.1 Å². The zero-order valence-electron chi connectivity index (χ0n) is 15.2. The van der Waals surface area contributed by atoms with Crippen LogP contribution >= 0.6 is 0 Å². The zero-order chi connectivity index (χ0) is 19.2. The largest absolute Gasteiger partial charge is 0.494 e. The molecule has 0 spiro atoms. The van der Waals surface area contributed by atoms with E-state index in [1.54, 1.807) is 61.5 Å². The summed E-state index contributed by atoms with van der Waals surface area (Å²) in [6, 6.07) is 14.8. The summed E-state index contributed by atoms with van der Waals surface area (Å²) in [6.07, 6.45) is 1.44. The molecule has 0 radical (unpaired) electrons. The molecule has 0 fully saturated rings. The lowest BCUT2D eigenvalue weighted by atomic mass is 10.2. The molecule has 6 nitrogen and oxygen atoms in total. The Morgan fingerprint density at radius 1 is 1.12 bits per heavy atom. The van der Waals surface area contributed by atoms with Gasteiger partial charge in [-0.25, -0.2) is 8.42 Å². The standard InChI is InChI=1S/C19H24N2O4S/c1-4-18(21(26(3,23)24)16-11-7-6-8-12-16)19(22)20-15-10-9-13-17(14-15)25-5-2/h6-14,18H,4-5H2,1-3H3,(H,20,22)/t18-/m0/s1. The molecule has 2 aromatic carbocycles. The molecule has 1 N–H and O–H groups in total. The van der Waals surface area contributed by atoms with Crippen LogP contribution in [0.3, 0.4) is 0 Å². The lowest BCUT2D eigenvalue weighted by Gasteiger charge is -2.30. The number of carbonyl (C=O) groups excluding carboxylic acids is 1. The molecule has 0 unspecified atom stereocenters. The summed E-state index contributed by atoms with van der Waals surface area (Å²) >= 11 is 0. The Balaban J connectivity index is 2.30. The van der Waals surface area contributed by atoms with E-state index in [2.05, 4.69) is 5.32 Å². The van der Waals surface area contributed by atoms with E-state index in [-0.39, 0.29) is 0 Å².